The molecule has 1 aromatic carbocycles. The molecule has 168 valence electrons. The average molecular weight is 457 g/mol. The Morgan fingerprint density at radius 2 is 1.90 bits per heavy atom. The highest BCUT2D eigenvalue weighted by Crippen LogP contribution is 2.35. The molecule has 1 saturated carbocycles. The molecule has 0 unspecified atom stereocenters. The zero-order chi connectivity index (χ0) is 21.6. The van der Waals surface area contributed by atoms with Crippen molar-refractivity contribution < 1.29 is 9.53 Å². The first-order chi connectivity index (χ1) is 14.5. The van der Waals surface area contributed by atoms with Crippen LogP contribution in [0.25, 0.3) is 0 Å². The van der Waals surface area contributed by atoms with Gasteiger partial charge in [-0.25, -0.2) is 4.79 Å². The van der Waals surface area contributed by atoms with Gasteiger partial charge in [0.1, 0.15) is 0 Å². The molecule has 8 heteroatoms. The molecular formula is C22H34Cl2N4O2. The maximum Gasteiger partial charge on any atom is 0.314 e. The van der Waals surface area contributed by atoms with Crippen LogP contribution < -0.4 is 15.5 Å². The fourth-order valence-electron chi connectivity index (χ4n) is 4.55. The van der Waals surface area contributed by atoms with Gasteiger partial charge in [0, 0.05) is 52.4 Å². The lowest BCUT2D eigenvalue weighted by Gasteiger charge is -2.42. The molecule has 1 aromatic rings. The number of ether oxygens (including phenoxy) is 1. The van der Waals surface area contributed by atoms with Gasteiger partial charge < -0.3 is 20.3 Å². The number of carbonyl (C=O) groups excluding carboxylic acids is 1. The van der Waals surface area contributed by atoms with Crippen LogP contribution in [0.5, 0.6) is 0 Å². The number of piperazine rings is 1. The van der Waals surface area contributed by atoms with Crippen LogP contribution in [0.3, 0.4) is 0 Å². The summed E-state index contributed by atoms with van der Waals surface area (Å²) >= 11 is 12.6. The first-order valence-corrected chi connectivity index (χ1v) is 11.7. The summed E-state index contributed by atoms with van der Waals surface area (Å²) < 4.78 is 5.99. The van der Waals surface area contributed by atoms with Crippen molar-refractivity contribution in [3.63, 3.8) is 0 Å². The van der Waals surface area contributed by atoms with Crippen LogP contribution >= 0.6 is 23.2 Å². The number of hydrogen-bond donors (Lipinski definition) is 2. The number of carbonyl (C=O) groups is 1. The number of nitrogens with zero attached hydrogens (tertiary/aromatic N) is 2. The summed E-state index contributed by atoms with van der Waals surface area (Å²) in [5, 5.41) is 7.13. The van der Waals surface area contributed by atoms with Gasteiger partial charge in [0.25, 0.3) is 0 Å². The van der Waals surface area contributed by atoms with Crippen molar-refractivity contribution in [3.05, 3.63) is 28.2 Å². The third-order valence-electron chi connectivity index (χ3n) is 6.53. The molecule has 2 amide bonds. The Hall–Kier alpha value is -1.21. The minimum absolute atomic E-state index is 0.0647. The predicted molar refractivity (Wildman–Crippen MR) is 124 cm³/mol. The fraction of sp³-hybridized carbons (Fsp3) is 0.682. The third kappa shape index (κ3) is 5.94. The van der Waals surface area contributed by atoms with Crippen LogP contribution in [0.15, 0.2) is 18.2 Å². The monoisotopic (exact) mass is 456 g/mol. The molecule has 0 atom stereocenters. The Bertz CT molecular complexity index is 702. The summed E-state index contributed by atoms with van der Waals surface area (Å²) in [6.45, 7) is 7.50. The molecular weight excluding hydrogens is 423 g/mol. The summed E-state index contributed by atoms with van der Waals surface area (Å²) in [5.41, 5.74) is 0.947. The quantitative estimate of drug-likeness (QED) is 0.646. The van der Waals surface area contributed by atoms with Crippen LogP contribution in [-0.4, -0.2) is 69.0 Å². The van der Waals surface area contributed by atoms with E-state index < -0.39 is 0 Å². The number of methoxy groups -OCH3 is 1. The summed E-state index contributed by atoms with van der Waals surface area (Å²) in [5.74, 6) is 0. The van der Waals surface area contributed by atoms with Crippen molar-refractivity contribution in [2.24, 2.45) is 0 Å². The molecule has 6 nitrogen and oxygen atoms in total. The van der Waals surface area contributed by atoms with Gasteiger partial charge in [-0.2, -0.15) is 0 Å². The lowest BCUT2D eigenvalue weighted by Crippen LogP contribution is -2.50. The Morgan fingerprint density at radius 1 is 1.20 bits per heavy atom. The van der Waals surface area contributed by atoms with E-state index in [2.05, 4.69) is 20.4 Å². The van der Waals surface area contributed by atoms with Crippen molar-refractivity contribution in [1.82, 2.24) is 15.5 Å². The zero-order valence-corrected chi connectivity index (χ0v) is 19.6. The van der Waals surface area contributed by atoms with Crippen molar-refractivity contribution in [2.45, 2.75) is 50.7 Å². The van der Waals surface area contributed by atoms with E-state index in [0.29, 0.717) is 16.6 Å². The highest BCUT2D eigenvalue weighted by Gasteiger charge is 2.36. The van der Waals surface area contributed by atoms with E-state index in [9.17, 15) is 4.79 Å². The molecule has 1 saturated heterocycles. The van der Waals surface area contributed by atoms with Crippen molar-refractivity contribution in [2.75, 3.05) is 51.3 Å². The number of benzene rings is 1. The van der Waals surface area contributed by atoms with E-state index in [1.165, 1.54) is 0 Å². The van der Waals surface area contributed by atoms with Crippen molar-refractivity contribution >= 4 is 34.9 Å². The maximum atomic E-state index is 11.8. The van der Waals surface area contributed by atoms with Crippen LogP contribution in [0.2, 0.25) is 10.0 Å². The fourth-order valence-corrected chi connectivity index (χ4v) is 4.97. The van der Waals surface area contributed by atoms with Crippen LogP contribution in [0, 0.1) is 0 Å². The Morgan fingerprint density at radius 3 is 2.53 bits per heavy atom. The molecule has 1 aliphatic heterocycles. The third-order valence-corrected chi connectivity index (χ3v) is 7.34. The van der Waals surface area contributed by atoms with Gasteiger partial charge >= 0.3 is 6.03 Å². The second kappa shape index (κ2) is 10.9. The second-order valence-electron chi connectivity index (χ2n) is 8.32. The van der Waals surface area contributed by atoms with Gasteiger partial charge in [-0.05, 0) is 51.2 Å². The van der Waals surface area contributed by atoms with E-state index in [4.69, 9.17) is 27.9 Å². The molecule has 0 bridgehead atoms. The van der Waals surface area contributed by atoms with Crippen LogP contribution in [0.1, 0.15) is 39.0 Å². The Labute approximate surface area is 190 Å². The molecule has 1 aliphatic carbocycles. The minimum Gasteiger partial charge on any atom is -0.378 e. The predicted octanol–water partition coefficient (Wildman–Crippen LogP) is 4.15. The van der Waals surface area contributed by atoms with E-state index >= 15 is 0 Å². The molecule has 2 aliphatic rings. The summed E-state index contributed by atoms with van der Waals surface area (Å²) in [7, 11) is 1.83. The lowest BCUT2D eigenvalue weighted by atomic mass is 9.79. The molecule has 3 rings (SSSR count). The van der Waals surface area contributed by atoms with Gasteiger partial charge in [0.05, 0.1) is 21.3 Å². The molecule has 0 radical (unpaired) electrons. The molecule has 2 N–H and O–H groups in total. The van der Waals surface area contributed by atoms with Crippen LogP contribution in [-0.2, 0) is 4.74 Å². The van der Waals surface area contributed by atoms with Gasteiger partial charge in [0.2, 0.25) is 0 Å². The zero-order valence-electron chi connectivity index (χ0n) is 18.1. The van der Waals surface area contributed by atoms with Crippen LogP contribution in [0.4, 0.5) is 10.5 Å². The molecule has 0 aromatic heterocycles. The molecule has 0 spiro atoms. The molecule has 2 fully saturated rings. The number of rotatable bonds is 7. The van der Waals surface area contributed by atoms with E-state index in [0.717, 1.165) is 70.5 Å². The second-order valence-corrected chi connectivity index (χ2v) is 9.10. The minimum atomic E-state index is -0.0766. The van der Waals surface area contributed by atoms with Gasteiger partial charge in [0.15, 0.2) is 0 Å². The Balaban J connectivity index is 1.44. The highest BCUT2D eigenvalue weighted by molar-refractivity contribution is 6.43. The van der Waals surface area contributed by atoms with Gasteiger partial charge in [-0.3, -0.25) is 4.90 Å². The van der Waals surface area contributed by atoms with Crippen molar-refractivity contribution in [3.8, 4) is 0 Å². The van der Waals surface area contributed by atoms with Gasteiger partial charge in [-0.15, -0.1) is 0 Å². The number of halogens is 2. The number of nitrogens with one attached hydrogen (secondary N) is 2. The van der Waals surface area contributed by atoms with E-state index in [1.54, 1.807) is 0 Å². The maximum absolute atomic E-state index is 11.8. The first kappa shape index (κ1) is 23.5. The number of hydrogen-bond acceptors (Lipinski definition) is 4. The normalized spacial score (nSPS) is 25.2. The molecule has 1 heterocycles. The lowest BCUT2D eigenvalue weighted by molar-refractivity contribution is -0.0553. The SMILES string of the molecule is CCNC(=O)NC1CCC(CCN2CCN(c3cccc(Cl)c3Cl)CC2)(OC)CC1. The Kier molecular flexibility index (Phi) is 8.52. The number of amides is 2. The van der Waals surface area contributed by atoms with Crippen molar-refractivity contribution in [1.29, 1.82) is 0 Å². The summed E-state index contributed by atoms with van der Waals surface area (Å²) in [4.78, 5) is 16.6. The smallest absolute Gasteiger partial charge is 0.314 e. The number of anilines is 1. The number of urea groups is 1. The van der Waals surface area contributed by atoms with Gasteiger partial charge in [-0.1, -0.05) is 29.3 Å². The standard InChI is InChI=1S/C22H34Cl2N4O2/c1-3-25-21(29)26-17-7-9-22(30-2,10-8-17)11-12-27-13-15-28(16-14-27)19-6-4-5-18(23)20(19)24/h4-6,17H,3,7-16H2,1-2H3,(H2,25,26,29). The topological polar surface area (TPSA) is 56.8 Å². The largest absolute Gasteiger partial charge is 0.378 e. The molecule has 30 heavy (non-hydrogen) atoms. The van der Waals surface area contributed by atoms with E-state index in [-0.39, 0.29) is 17.7 Å². The highest BCUT2D eigenvalue weighted by atomic mass is 35.5. The van der Waals surface area contributed by atoms with E-state index in [1.807, 2.05) is 32.2 Å². The summed E-state index contributed by atoms with van der Waals surface area (Å²) in [6, 6.07) is 6.00. The first-order valence-electron chi connectivity index (χ1n) is 11.0. The average Bonchev–Trinajstić information content (AvgIpc) is 2.76. The summed E-state index contributed by atoms with van der Waals surface area (Å²) in [6.07, 6.45) is 4.92.